The van der Waals surface area contributed by atoms with Crippen molar-refractivity contribution in [1.82, 2.24) is 10.6 Å². The molecule has 0 radical (unpaired) electrons. The van der Waals surface area contributed by atoms with Gasteiger partial charge >= 0.3 is 0 Å². The van der Waals surface area contributed by atoms with E-state index >= 15 is 0 Å². The Labute approximate surface area is 79.7 Å². The monoisotopic (exact) mass is 188 g/mol. The first-order valence-electron chi connectivity index (χ1n) is 4.53. The Hall–Kier alpha value is -0.610. The number of aliphatic hydroxyl groups is 1. The van der Waals surface area contributed by atoms with Gasteiger partial charge in [0.15, 0.2) is 0 Å². The SMILES string of the molecule is CNC(=O)C(C)NC(C)(C)CCO. The smallest absolute Gasteiger partial charge is 0.236 e. The lowest BCUT2D eigenvalue weighted by Crippen LogP contribution is -2.51. The Kier molecular flexibility index (Phi) is 4.95. The molecule has 0 aliphatic carbocycles. The van der Waals surface area contributed by atoms with E-state index in [1.807, 2.05) is 13.8 Å². The minimum Gasteiger partial charge on any atom is -0.396 e. The molecule has 1 atom stereocenters. The van der Waals surface area contributed by atoms with Crippen LogP contribution < -0.4 is 10.6 Å². The van der Waals surface area contributed by atoms with Gasteiger partial charge in [-0.1, -0.05) is 0 Å². The fourth-order valence-corrected chi connectivity index (χ4v) is 1.22. The Balaban J connectivity index is 4.02. The maximum Gasteiger partial charge on any atom is 0.236 e. The van der Waals surface area contributed by atoms with Crippen LogP contribution >= 0.6 is 0 Å². The second-order valence-corrected chi connectivity index (χ2v) is 3.84. The van der Waals surface area contributed by atoms with Crippen LogP contribution in [0.4, 0.5) is 0 Å². The van der Waals surface area contributed by atoms with Gasteiger partial charge in [-0.3, -0.25) is 4.79 Å². The minimum absolute atomic E-state index is 0.0361. The van der Waals surface area contributed by atoms with E-state index in [9.17, 15) is 4.79 Å². The predicted molar refractivity (Wildman–Crippen MR) is 52.4 cm³/mol. The van der Waals surface area contributed by atoms with Gasteiger partial charge in [0.25, 0.3) is 0 Å². The molecule has 0 aromatic carbocycles. The summed E-state index contributed by atoms with van der Waals surface area (Å²) in [5.74, 6) is -0.0361. The van der Waals surface area contributed by atoms with Gasteiger partial charge in [-0.2, -0.15) is 0 Å². The molecule has 1 amide bonds. The van der Waals surface area contributed by atoms with E-state index < -0.39 is 0 Å². The highest BCUT2D eigenvalue weighted by atomic mass is 16.3. The predicted octanol–water partition coefficient (Wildman–Crippen LogP) is -0.128. The molecule has 0 aromatic rings. The van der Waals surface area contributed by atoms with E-state index in [1.165, 1.54) is 0 Å². The van der Waals surface area contributed by atoms with Crippen LogP contribution in [0.2, 0.25) is 0 Å². The summed E-state index contributed by atoms with van der Waals surface area (Å²) in [6, 6.07) is -0.230. The molecule has 0 aliphatic heterocycles. The molecule has 0 aliphatic rings. The molecule has 3 N–H and O–H groups in total. The van der Waals surface area contributed by atoms with Crippen LogP contribution in [0, 0.1) is 0 Å². The summed E-state index contributed by atoms with van der Waals surface area (Å²) in [7, 11) is 1.61. The van der Waals surface area contributed by atoms with E-state index in [-0.39, 0.29) is 24.1 Å². The fraction of sp³-hybridized carbons (Fsp3) is 0.889. The average Bonchev–Trinajstić information content (AvgIpc) is 2.01. The van der Waals surface area contributed by atoms with Gasteiger partial charge in [-0.15, -0.1) is 0 Å². The number of amides is 1. The lowest BCUT2D eigenvalue weighted by molar-refractivity contribution is -0.122. The first-order valence-corrected chi connectivity index (χ1v) is 4.53. The molecule has 0 fully saturated rings. The number of carbonyl (C=O) groups excluding carboxylic acids is 1. The zero-order valence-corrected chi connectivity index (χ0v) is 8.85. The Morgan fingerprint density at radius 3 is 2.46 bits per heavy atom. The van der Waals surface area contributed by atoms with Crippen LogP contribution in [-0.2, 0) is 4.79 Å². The topological polar surface area (TPSA) is 61.4 Å². The normalized spacial score (nSPS) is 13.9. The van der Waals surface area contributed by atoms with Gasteiger partial charge in [-0.05, 0) is 27.2 Å². The maximum atomic E-state index is 11.2. The van der Waals surface area contributed by atoms with Crippen molar-refractivity contribution in [3.05, 3.63) is 0 Å². The van der Waals surface area contributed by atoms with E-state index in [1.54, 1.807) is 14.0 Å². The molecule has 78 valence electrons. The summed E-state index contributed by atoms with van der Waals surface area (Å²) >= 11 is 0. The van der Waals surface area contributed by atoms with Crippen molar-refractivity contribution >= 4 is 5.91 Å². The van der Waals surface area contributed by atoms with Gasteiger partial charge < -0.3 is 15.7 Å². The van der Waals surface area contributed by atoms with Gasteiger partial charge in [0.2, 0.25) is 5.91 Å². The highest BCUT2D eigenvalue weighted by Crippen LogP contribution is 2.08. The molecular weight excluding hydrogens is 168 g/mol. The number of carbonyl (C=O) groups is 1. The van der Waals surface area contributed by atoms with Crippen molar-refractivity contribution < 1.29 is 9.90 Å². The average molecular weight is 188 g/mol. The Bertz CT molecular complexity index is 169. The Morgan fingerprint density at radius 1 is 1.54 bits per heavy atom. The van der Waals surface area contributed by atoms with Crippen molar-refractivity contribution in [2.45, 2.75) is 38.8 Å². The third kappa shape index (κ3) is 4.85. The quantitative estimate of drug-likeness (QED) is 0.563. The molecule has 0 aromatic heterocycles. The number of hydrogen-bond acceptors (Lipinski definition) is 3. The summed E-state index contributed by atoms with van der Waals surface area (Å²) in [5, 5.41) is 14.5. The standard InChI is InChI=1S/C9H20N2O2/c1-7(8(13)10-4)11-9(2,3)5-6-12/h7,11-12H,5-6H2,1-4H3,(H,10,13). The van der Waals surface area contributed by atoms with Crippen LogP contribution in [0.3, 0.4) is 0 Å². The summed E-state index contributed by atoms with van der Waals surface area (Å²) in [6.45, 7) is 5.85. The number of aliphatic hydroxyl groups excluding tert-OH is 1. The highest BCUT2D eigenvalue weighted by Gasteiger charge is 2.22. The van der Waals surface area contributed by atoms with E-state index in [0.29, 0.717) is 6.42 Å². The zero-order valence-electron chi connectivity index (χ0n) is 8.85. The molecule has 4 heteroatoms. The largest absolute Gasteiger partial charge is 0.396 e. The van der Waals surface area contributed by atoms with Crippen molar-refractivity contribution in [2.24, 2.45) is 0 Å². The molecule has 0 rings (SSSR count). The van der Waals surface area contributed by atoms with Crippen LogP contribution in [-0.4, -0.2) is 36.2 Å². The first-order chi connectivity index (χ1) is 5.93. The van der Waals surface area contributed by atoms with Crippen LogP contribution in [0.1, 0.15) is 27.2 Å². The summed E-state index contributed by atoms with van der Waals surface area (Å²) in [4.78, 5) is 11.2. The van der Waals surface area contributed by atoms with Gasteiger partial charge in [-0.25, -0.2) is 0 Å². The number of likely N-dealkylation sites (N-methyl/N-ethyl adjacent to an activating group) is 1. The van der Waals surface area contributed by atoms with Gasteiger partial charge in [0.1, 0.15) is 0 Å². The molecule has 0 bridgehead atoms. The molecular formula is C9H20N2O2. The van der Waals surface area contributed by atoms with Crippen molar-refractivity contribution in [3.63, 3.8) is 0 Å². The van der Waals surface area contributed by atoms with Crippen molar-refractivity contribution in [2.75, 3.05) is 13.7 Å². The third-order valence-corrected chi connectivity index (χ3v) is 1.98. The molecule has 0 spiro atoms. The van der Waals surface area contributed by atoms with Crippen LogP contribution in [0.15, 0.2) is 0 Å². The van der Waals surface area contributed by atoms with E-state index in [2.05, 4.69) is 10.6 Å². The number of nitrogens with one attached hydrogen (secondary N) is 2. The van der Waals surface area contributed by atoms with E-state index in [4.69, 9.17) is 5.11 Å². The lowest BCUT2D eigenvalue weighted by Gasteiger charge is -2.28. The summed E-state index contributed by atoms with van der Waals surface area (Å²) < 4.78 is 0. The highest BCUT2D eigenvalue weighted by molar-refractivity contribution is 5.81. The second-order valence-electron chi connectivity index (χ2n) is 3.84. The third-order valence-electron chi connectivity index (χ3n) is 1.98. The van der Waals surface area contributed by atoms with Crippen molar-refractivity contribution in [1.29, 1.82) is 0 Å². The maximum absolute atomic E-state index is 11.2. The molecule has 0 saturated heterocycles. The molecule has 4 nitrogen and oxygen atoms in total. The number of rotatable bonds is 5. The first kappa shape index (κ1) is 12.4. The fourth-order valence-electron chi connectivity index (χ4n) is 1.22. The molecule has 0 heterocycles. The van der Waals surface area contributed by atoms with E-state index in [0.717, 1.165) is 0 Å². The second kappa shape index (κ2) is 5.19. The molecule has 0 saturated carbocycles. The minimum atomic E-state index is -0.230. The number of hydrogen-bond donors (Lipinski definition) is 3. The van der Waals surface area contributed by atoms with Gasteiger partial charge in [0.05, 0.1) is 6.04 Å². The van der Waals surface area contributed by atoms with Crippen molar-refractivity contribution in [3.8, 4) is 0 Å². The van der Waals surface area contributed by atoms with Gasteiger partial charge in [0, 0.05) is 19.2 Å². The van der Waals surface area contributed by atoms with Crippen LogP contribution in [0.25, 0.3) is 0 Å². The molecule has 1 unspecified atom stereocenters. The molecule has 13 heavy (non-hydrogen) atoms. The lowest BCUT2D eigenvalue weighted by atomic mass is 10.00. The summed E-state index contributed by atoms with van der Waals surface area (Å²) in [5.41, 5.74) is -0.208. The summed E-state index contributed by atoms with van der Waals surface area (Å²) in [6.07, 6.45) is 0.633. The Morgan fingerprint density at radius 2 is 2.08 bits per heavy atom. The van der Waals surface area contributed by atoms with Crippen LogP contribution in [0.5, 0.6) is 0 Å². The zero-order chi connectivity index (χ0) is 10.5.